The zero-order valence-electron chi connectivity index (χ0n) is 15.7. The zero-order chi connectivity index (χ0) is 17.6. The highest BCUT2D eigenvalue weighted by atomic mass is 16.2. The van der Waals surface area contributed by atoms with Gasteiger partial charge in [0.05, 0.1) is 0 Å². The smallest absolute Gasteiger partial charge is 0.317 e. The molecule has 2 saturated heterocycles. The number of rotatable bonds is 5. The molecule has 138 valence electrons. The summed E-state index contributed by atoms with van der Waals surface area (Å²) in [5.41, 5.74) is 2.74. The summed E-state index contributed by atoms with van der Waals surface area (Å²) in [5.74, 6) is 0. The van der Waals surface area contributed by atoms with E-state index in [9.17, 15) is 4.79 Å². The fraction of sp³-hybridized carbons (Fsp3) is 0.650. The molecule has 2 aliphatic heterocycles. The van der Waals surface area contributed by atoms with E-state index in [1.165, 1.54) is 30.5 Å². The van der Waals surface area contributed by atoms with Gasteiger partial charge >= 0.3 is 6.03 Å². The Morgan fingerprint density at radius 2 is 1.92 bits per heavy atom. The van der Waals surface area contributed by atoms with Gasteiger partial charge in [-0.1, -0.05) is 24.3 Å². The average Bonchev–Trinajstić information content (AvgIpc) is 3.02. The van der Waals surface area contributed by atoms with E-state index in [2.05, 4.69) is 53.4 Å². The van der Waals surface area contributed by atoms with Crippen LogP contribution in [0.4, 0.5) is 4.79 Å². The van der Waals surface area contributed by atoms with Gasteiger partial charge in [-0.2, -0.15) is 0 Å². The Morgan fingerprint density at radius 1 is 1.16 bits per heavy atom. The quantitative estimate of drug-likeness (QED) is 0.891. The molecule has 0 bridgehead atoms. The summed E-state index contributed by atoms with van der Waals surface area (Å²) in [7, 11) is 2.19. The molecule has 0 aromatic heterocycles. The first-order valence-electron chi connectivity index (χ1n) is 9.63. The van der Waals surface area contributed by atoms with Crippen molar-refractivity contribution in [1.29, 1.82) is 0 Å². The molecule has 5 heteroatoms. The molecule has 1 aromatic carbocycles. The monoisotopic (exact) mass is 344 g/mol. The van der Waals surface area contributed by atoms with Gasteiger partial charge in [0, 0.05) is 45.3 Å². The maximum atomic E-state index is 12.4. The summed E-state index contributed by atoms with van der Waals surface area (Å²) < 4.78 is 0. The van der Waals surface area contributed by atoms with Gasteiger partial charge in [-0.15, -0.1) is 0 Å². The van der Waals surface area contributed by atoms with Gasteiger partial charge in [0.25, 0.3) is 0 Å². The van der Waals surface area contributed by atoms with Crippen LogP contribution >= 0.6 is 0 Å². The Balaban J connectivity index is 1.36. The van der Waals surface area contributed by atoms with Crippen LogP contribution in [0.2, 0.25) is 0 Å². The van der Waals surface area contributed by atoms with Crippen molar-refractivity contribution in [3.05, 3.63) is 35.4 Å². The van der Waals surface area contributed by atoms with E-state index in [4.69, 9.17) is 0 Å². The van der Waals surface area contributed by atoms with Gasteiger partial charge in [-0.25, -0.2) is 4.79 Å². The molecule has 1 N–H and O–H groups in total. The van der Waals surface area contributed by atoms with Crippen molar-refractivity contribution in [2.45, 2.75) is 38.8 Å². The number of carbonyl (C=O) groups is 1. The Labute approximate surface area is 152 Å². The van der Waals surface area contributed by atoms with Crippen LogP contribution in [0.15, 0.2) is 24.3 Å². The van der Waals surface area contributed by atoms with Crippen LogP contribution in [0.3, 0.4) is 0 Å². The first kappa shape index (κ1) is 18.2. The molecular formula is C20H32N4O. The van der Waals surface area contributed by atoms with E-state index < -0.39 is 0 Å². The SMILES string of the molecule is Cc1ccccc1CN1CCN(C(=O)NCC[C@@H]2CCCN2C)CC1. The summed E-state index contributed by atoms with van der Waals surface area (Å²) in [4.78, 5) is 19.2. The van der Waals surface area contributed by atoms with Gasteiger partial charge in [-0.3, -0.25) is 4.90 Å². The van der Waals surface area contributed by atoms with Crippen molar-refractivity contribution in [3.8, 4) is 0 Å². The summed E-state index contributed by atoms with van der Waals surface area (Å²) in [6, 6.07) is 9.32. The van der Waals surface area contributed by atoms with Crippen LogP contribution in [-0.4, -0.2) is 73.1 Å². The maximum absolute atomic E-state index is 12.4. The molecule has 2 heterocycles. The molecule has 0 aliphatic carbocycles. The number of hydrogen-bond acceptors (Lipinski definition) is 3. The zero-order valence-corrected chi connectivity index (χ0v) is 15.7. The molecule has 1 aromatic rings. The maximum Gasteiger partial charge on any atom is 0.317 e. The number of hydrogen-bond donors (Lipinski definition) is 1. The molecule has 0 spiro atoms. The summed E-state index contributed by atoms with van der Waals surface area (Å²) in [6.45, 7) is 8.68. The Morgan fingerprint density at radius 3 is 2.60 bits per heavy atom. The highest BCUT2D eigenvalue weighted by Crippen LogP contribution is 2.17. The lowest BCUT2D eigenvalue weighted by molar-refractivity contribution is 0.134. The molecule has 0 radical (unpaired) electrons. The number of piperazine rings is 1. The van der Waals surface area contributed by atoms with Crippen LogP contribution < -0.4 is 5.32 Å². The van der Waals surface area contributed by atoms with Gasteiger partial charge in [0.1, 0.15) is 0 Å². The van der Waals surface area contributed by atoms with Gasteiger partial charge in [0.2, 0.25) is 0 Å². The van der Waals surface area contributed by atoms with Crippen LogP contribution in [0, 0.1) is 6.92 Å². The average molecular weight is 345 g/mol. The van der Waals surface area contributed by atoms with Crippen LogP contribution in [0.1, 0.15) is 30.4 Å². The predicted molar refractivity (Wildman–Crippen MR) is 102 cm³/mol. The van der Waals surface area contributed by atoms with Crippen molar-refractivity contribution in [2.24, 2.45) is 0 Å². The third-order valence-corrected chi connectivity index (χ3v) is 5.74. The predicted octanol–water partition coefficient (Wildman–Crippen LogP) is 2.31. The molecule has 2 fully saturated rings. The molecule has 2 aliphatic rings. The topological polar surface area (TPSA) is 38.8 Å². The fourth-order valence-electron chi connectivity index (χ4n) is 3.94. The number of urea groups is 1. The summed E-state index contributed by atoms with van der Waals surface area (Å²) in [5, 5.41) is 3.12. The summed E-state index contributed by atoms with van der Waals surface area (Å²) in [6.07, 6.45) is 3.62. The normalized spacial score (nSPS) is 22.3. The molecular weight excluding hydrogens is 312 g/mol. The highest BCUT2D eigenvalue weighted by molar-refractivity contribution is 5.74. The second-order valence-corrected chi connectivity index (χ2v) is 7.49. The minimum atomic E-state index is 0.108. The number of aryl methyl sites for hydroxylation is 1. The molecule has 3 rings (SSSR count). The number of nitrogens with one attached hydrogen (secondary N) is 1. The first-order chi connectivity index (χ1) is 12.1. The van der Waals surface area contributed by atoms with Crippen molar-refractivity contribution in [1.82, 2.24) is 20.0 Å². The Hall–Kier alpha value is -1.59. The molecule has 5 nitrogen and oxygen atoms in total. The van der Waals surface area contributed by atoms with Crippen molar-refractivity contribution in [2.75, 3.05) is 46.3 Å². The second kappa shape index (κ2) is 8.68. The van der Waals surface area contributed by atoms with Crippen LogP contribution in [0.25, 0.3) is 0 Å². The van der Waals surface area contributed by atoms with E-state index in [0.29, 0.717) is 6.04 Å². The van der Waals surface area contributed by atoms with Crippen molar-refractivity contribution < 1.29 is 4.79 Å². The van der Waals surface area contributed by atoms with E-state index in [-0.39, 0.29) is 6.03 Å². The molecule has 25 heavy (non-hydrogen) atoms. The number of likely N-dealkylation sites (tertiary alicyclic amines) is 1. The van der Waals surface area contributed by atoms with Gasteiger partial charge in [0.15, 0.2) is 0 Å². The van der Waals surface area contributed by atoms with Gasteiger partial charge in [-0.05, 0) is 50.9 Å². The van der Waals surface area contributed by atoms with E-state index >= 15 is 0 Å². The van der Waals surface area contributed by atoms with Crippen LogP contribution in [-0.2, 0) is 6.54 Å². The first-order valence-corrected chi connectivity index (χ1v) is 9.63. The van der Waals surface area contributed by atoms with Gasteiger partial charge < -0.3 is 15.1 Å². The van der Waals surface area contributed by atoms with E-state index in [0.717, 1.165) is 45.7 Å². The van der Waals surface area contributed by atoms with Crippen molar-refractivity contribution in [3.63, 3.8) is 0 Å². The van der Waals surface area contributed by atoms with E-state index in [1.54, 1.807) is 0 Å². The van der Waals surface area contributed by atoms with Crippen LogP contribution in [0.5, 0.6) is 0 Å². The number of nitrogens with zero attached hydrogens (tertiary/aromatic N) is 3. The van der Waals surface area contributed by atoms with Crippen molar-refractivity contribution >= 4 is 6.03 Å². The number of amides is 2. The minimum absolute atomic E-state index is 0.108. The third-order valence-electron chi connectivity index (χ3n) is 5.74. The minimum Gasteiger partial charge on any atom is -0.338 e. The molecule has 2 amide bonds. The number of carbonyl (C=O) groups excluding carboxylic acids is 1. The fourth-order valence-corrected chi connectivity index (χ4v) is 3.94. The summed E-state index contributed by atoms with van der Waals surface area (Å²) >= 11 is 0. The molecule has 1 atom stereocenters. The Bertz CT molecular complexity index is 569. The molecule has 0 saturated carbocycles. The molecule has 0 unspecified atom stereocenters. The lowest BCUT2D eigenvalue weighted by Gasteiger charge is -2.35. The highest BCUT2D eigenvalue weighted by Gasteiger charge is 2.23. The van der Waals surface area contributed by atoms with E-state index in [1.807, 2.05) is 4.90 Å². The Kier molecular flexibility index (Phi) is 6.32. The largest absolute Gasteiger partial charge is 0.338 e. The standard InChI is InChI=1S/C20H32N4O/c1-17-6-3-4-7-18(17)16-23-12-14-24(15-13-23)20(25)21-10-9-19-8-5-11-22(19)2/h3-4,6-7,19H,5,8-16H2,1-2H3,(H,21,25)/t19-/m0/s1. The number of benzene rings is 1. The third kappa shape index (κ3) is 4.95. The second-order valence-electron chi connectivity index (χ2n) is 7.49. The lowest BCUT2D eigenvalue weighted by Crippen LogP contribution is -2.51. The lowest BCUT2D eigenvalue weighted by atomic mass is 10.1.